The molecule has 0 aromatic heterocycles. The van der Waals surface area contributed by atoms with E-state index in [4.69, 9.17) is 10.8 Å². The largest absolute Gasteiger partial charge is 0.396 e. The molecule has 1 saturated heterocycles. The van der Waals surface area contributed by atoms with Crippen molar-refractivity contribution in [2.75, 3.05) is 19.7 Å². The Morgan fingerprint density at radius 2 is 2.27 bits per heavy atom. The fourth-order valence-electron chi connectivity index (χ4n) is 2.03. The fourth-order valence-corrected chi connectivity index (χ4v) is 2.03. The highest BCUT2D eigenvalue weighted by Crippen LogP contribution is 2.17. The second kappa shape index (κ2) is 5.47. The van der Waals surface area contributed by atoms with E-state index >= 15 is 0 Å². The zero-order valence-electron chi connectivity index (χ0n) is 9.65. The number of aliphatic hydroxyl groups is 1. The predicted octanol–water partition coefficient (Wildman–Crippen LogP) is 0.201. The number of likely N-dealkylation sites (tertiary alicyclic amines) is 1. The van der Waals surface area contributed by atoms with Crippen molar-refractivity contribution in [3.8, 4) is 0 Å². The smallest absolute Gasteiger partial charge is 0.239 e. The number of hydrogen-bond acceptors (Lipinski definition) is 3. The number of amides is 1. The minimum Gasteiger partial charge on any atom is -0.396 e. The summed E-state index contributed by atoms with van der Waals surface area (Å²) in [4.78, 5) is 13.6. The van der Waals surface area contributed by atoms with E-state index in [2.05, 4.69) is 13.8 Å². The molecule has 88 valence electrons. The average Bonchev–Trinajstić information content (AvgIpc) is 2.63. The molecule has 4 heteroatoms. The summed E-state index contributed by atoms with van der Waals surface area (Å²) >= 11 is 0. The van der Waals surface area contributed by atoms with Crippen molar-refractivity contribution in [1.82, 2.24) is 4.90 Å². The quantitative estimate of drug-likeness (QED) is 0.702. The first kappa shape index (κ1) is 12.5. The lowest BCUT2D eigenvalue weighted by Crippen LogP contribution is -2.43. The number of rotatable bonds is 4. The minimum atomic E-state index is -0.373. The average molecular weight is 214 g/mol. The van der Waals surface area contributed by atoms with Crippen LogP contribution in [0.3, 0.4) is 0 Å². The monoisotopic (exact) mass is 214 g/mol. The first-order valence-electron chi connectivity index (χ1n) is 5.69. The summed E-state index contributed by atoms with van der Waals surface area (Å²) in [5.74, 6) is 0.736. The Balaban J connectivity index is 2.40. The molecule has 1 heterocycles. The Hall–Kier alpha value is -0.610. The first-order valence-corrected chi connectivity index (χ1v) is 5.69. The summed E-state index contributed by atoms with van der Waals surface area (Å²) in [6.45, 7) is 5.71. The molecule has 0 radical (unpaired) electrons. The molecule has 0 spiro atoms. The summed E-state index contributed by atoms with van der Waals surface area (Å²) < 4.78 is 0. The first-order chi connectivity index (χ1) is 7.04. The van der Waals surface area contributed by atoms with Crippen molar-refractivity contribution < 1.29 is 9.90 Å². The molecule has 0 saturated carbocycles. The minimum absolute atomic E-state index is 0.0413. The zero-order chi connectivity index (χ0) is 11.4. The standard InChI is InChI=1S/C11H22N2O2/c1-8(2)5-10(12)11(15)13-4-3-9(6-13)7-14/h8-10,14H,3-7,12H2,1-2H3/t9?,10-/m0/s1. The molecule has 0 aliphatic carbocycles. The third kappa shape index (κ3) is 3.47. The Morgan fingerprint density at radius 1 is 1.60 bits per heavy atom. The van der Waals surface area contributed by atoms with Crippen molar-refractivity contribution in [3.63, 3.8) is 0 Å². The van der Waals surface area contributed by atoms with Crippen LogP contribution in [0.15, 0.2) is 0 Å². The third-order valence-corrected chi connectivity index (χ3v) is 2.90. The van der Waals surface area contributed by atoms with E-state index in [1.807, 2.05) is 0 Å². The van der Waals surface area contributed by atoms with Gasteiger partial charge in [-0.3, -0.25) is 4.79 Å². The second-order valence-electron chi connectivity index (χ2n) is 4.86. The molecule has 0 aromatic carbocycles. The van der Waals surface area contributed by atoms with Gasteiger partial charge in [0.15, 0.2) is 0 Å². The van der Waals surface area contributed by atoms with Gasteiger partial charge >= 0.3 is 0 Å². The normalized spacial score (nSPS) is 23.5. The zero-order valence-corrected chi connectivity index (χ0v) is 9.65. The molecule has 1 unspecified atom stereocenters. The van der Waals surface area contributed by atoms with Gasteiger partial charge in [0.1, 0.15) is 0 Å². The van der Waals surface area contributed by atoms with Crippen molar-refractivity contribution in [3.05, 3.63) is 0 Å². The Morgan fingerprint density at radius 3 is 2.73 bits per heavy atom. The van der Waals surface area contributed by atoms with E-state index in [-0.39, 0.29) is 24.5 Å². The molecule has 1 rings (SSSR count). The van der Waals surface area contributed by atoms with Crippen LogP contribution in [0.25, 0.3) is 0 Å². The number of nitrogens with zero attached hydrogens (tertiary/aromatic N) is 1. The molecule has 3 N–H and O–H groups in total. The lowest BCUT2D eigenvalue weighted by Gasteiger charge is -2.21. The molecule has 15 heavy (non-hydrogen) atoms. The van der Waals surface area contributed by atoms with Crippen LogP contribution in [-0.4, -0.2) is 41.7 Å². The number of hydrogen-bond donors (Lipinski definition) is 2. The van der Waals surface area contributed by atoms with Gasteiger partial charge in [-0.15, -0.1) is 0 Å². The molecule has 4 nitrogen and oxygen atoms in total. The topological polar surface area (TPSA) is 66.6 Å². The summed E-state index contributed by atoms with van der Waals surface area (Å²) in [6.07, 6.45) is 1.63. The maximum Gasteiger partial charge on any atom is 0.239 e. The molecule has 1 aliphatic rings. The van der Waals surface area contributed by atoms with E-state index < -0.39 is 0 Å². The van der Waals surface area contributed by atoms with E-state index in [9.17, 15) is 4.79 Å². The van der Waals surface area contributed by atoms with Crippen LogP contribution in [0.4, 0.5) is 0 Å². The van der Waals surface area contributed by atoms with Gasteiger partial charge < -0.3 is 15.7 Å². The number of aliphatic hydroxyl groups excluding tert-OH is 1. The Kier molecular flexibility index (Phi) is 4.54. The van der Waals surface area contributed by atoms with Gasteiger partial charge in [0.25, 0.3) is 0 Å². The molecular formula is C11H22N2O2. The second-order valence-corrected chi connectivity index (χ2v) is 4.86. The Bertz CT molecular complexity index is 219. The van der Waals surface area contributed by atoms with Gasteiger partial charge in [-0.05, 0) is 18.8 Å². The molecular weight excluding hydrogens is 192 g/mol. The molecule has 1 amide bonds. The fraction of sp³-hybridized carbons (Fsp3) is 0.909. The highest BCUT2D eigenvalue weighted by molar-refractivity contribution is 5.81. The van der Waals surface area contributed by atoms with E-state index in [1.165, 1.54) is 0 Å². The van der Waals surface area contributed by atoms with Crippen LogP contribution in [0.2, 0.25) is 0 Å². The van der Waals surface area contributed by atoms with Crippen molar-refractivity contribution >= 4 is 5.91 Å². The molecule has 1 aliphatic heterocycles. The number of nitrogens with two attached hydrogens (primary N) is 1. The van der Waals surface area contributed by atoms with Gasteiger partial charge in [0.05, 0.1) is 6.04 Å². The predicted molar refractivity (Wildman–Crippen MR) is 59.2 cm³/mol. The van der Waals surface area contributed by atoms with Crippen LogP contribution in [-0.2, 0) is 4.79 Å². The summed E-state index contributed by atoms with van der Waals surface area (Å²) in [7, 11) is 0. The lowest BCUT2D eigenvalue weighted by atomic mass is 10.0. The molecule has 0 aromatic rings. The Labute approximate surface area is 91.4 Å². The van der Waals surface area contributed by atoms with Gasteiger partial charge in [-0.25, -0.2) is 0 Å². The van der Waals surface area contributed by atoms with Gasteiger partial charge in [-0.1, -0.05) is 13.8 Å². The van der Waals surface area contributed by atoms with Crippen molar-refractivity contribution in [2.45, 2.75) is 32.7 Å². The SMILES string of the molecule is CC(C)C[C@H](N)C(=O)N1CCC(CO)C1. The molecule has 2 atom stereocenters. The van der Waals surface area contributed by atoms with Crippen molar-refractivity contribution in [1.29, 1.82) is 0 Å². The van der Waals surface area contributed by atoms with Gasteiger partial charge in [-0.2, -0.15) is 0 Å². The third-order valence-electron chi connectivity index (χ3n) is 2.90. The number of carbonyl (C=O) groups is 1. The van der Waals surface area contributed by atoms with Crippen LogP contribution in [0, 0.1) is 11.8 Å². The maximum absolute atomic E-state index is 11.9. The molecule has 0 bridgehead atoms. The molecule has 1 fully saturated rings. The highest BCUT2D eigenvalue weighted by Gasteiger charge is 2.28. The van der Waals surface area contributed by atoms with E-state index in [0.717, 1.165) is 19.4 Å². The summed E-state index contributed by atoms with van der Waals surface area (Å²) in [5, 5.41) is 8.98. The van der Waals surface area contributed by atoms with Crippen LogP contribution >= 0.6 is 0 Å². The maximum atomic E-state index is 11.9. The van der Waals surface area contributed by atoms with E-state index in [1.54, 1.807) is 4.90 Å². The summed E-state index contributed by atoms with van der Waals surface area (Å²) in [6, 6.07) is -0.373. The van der Waals surface area contributed by atoms with Crippen LogP contribution in [0.1, 0.15) is 26.7 Å². The van der Waals surface area contributed by atoms with E-state index in [0.29, 0.717) is 12.5 Å². The van der Waals surface area contributed by atoms with Gasteiger partial charge in [0, 0.05) is 25.6 Å². The van der Waals surface area contributed by atoms with Crippen LogP contribution < -0.4 is 5.73 Å². The summed E-state index contributed by atoms with van der Waals surface area (Å²) in [5.41, 5.74) is 5.83. The van der Waals surface area contributed by atoms with Crippen molar-refractivity contribution in [2.24, 2.45) is 17.6 Å². The highest BCUT2D eigenvalue weighted by atomic mass is 16.3. The van der Waals surface area contributed by atoms with Gasteiger partial charge in [0.2, 0.25) is 5.91 Å². The van der Waals surface area contributed by atoms with Crippen LogP contribution in [0.5, 0.6) is 0 Å². The number of carbonyl (C=O) groups excluding carboxylic acids is 1. The lowest BCUT2D eigenvalue weighted by molar-refractivity contribution is -0.132.